The molecule has 0 saturated carbocycles. The fraction of sp³-hybridized carbons (Fsp3) is 0.467. The lowest BCUT2D eigenvalue weighted by molar-refractivity contribution is -0.139. The number of carbonyl (C=O) groups excluding carboxylic acids is 3. The van der Waals surface area contributed by atoms with E-state index in [1.807, 2.05) is 0 Å². The van der Waals surface area contributed by atoms with Crippen molar-refractivity contribution < 1.29 is 19.1 Å². The summed E-state index contributed by atoms with van der Waals surface area (Å²) in [5, 5.41) is 5.00. The number of rotatable bonds is 3. The number of anilines is 1. The average molecular weight is 337 g/mol. The first-order chi connectivity index (χ1) is 11.0. The highest BCUT2D eigenvalue weighted by atomic mass is 16.6. The van der Waals surface area contributed by atoms with E-state index in [4.69, 9.17) is 10.6 Å². The zero-order chi connectivity index (χ0) is 18.5. The zero-order valence-electron chi connectivity index (χ0n) is 14.4. The molecule has 0 aliphatic carbocycles. The van der Waals surface area contributed by atoms with Gasteiger partial charge in [-0.1, -0.05) is 0 Å². The topological polar surface area (TPSA) is 135 Å². The van der Waals surface area contributed by atoms with E-state index < -0.39 is 23.5 Å². The summed E-state index contributed by atoms with van der Waals surface area (Å²) in [5.41, 5.74) is 3.28. The monoisotopic (exact) mass is 337 g/mol. The minimum Gasteiger partial charge on any atom is -0.444 e. The number of amides is 3. The predicted octanol–water partition coefficient (Wildman–Crippen LogP) is 0.652. The Morgan fingerprint density at radius 1 is 1.21 bits per heavy atom. The summed E-state index contributed by atoms with van der Waals surface area (Å²) in [6.07, 6.45) is -0.602. The van der Waals surface area contributed by atoms with Crippen LogP contribution in [0.25, 0.3) is 0 Å². The summed E-state index contributed by atoms with van der Waals surface area (Å²) in [4.78, 5) is 38.5. The number of pyridine rings is 1. The number of nitrogens with one attached hydrogen (secondary N) is 3. The minimum absolute atomic E-state index is 0.115. The van der Waals surface area contributed by atoms with E-state index in [1.54, 1.807) is 46.1 Å². The van der Waals surface area contributed by atoms with Crippen molar-refractivity contribution in [3.05, 3.63) is 22.9 Å². The third kappa shape index (κ3) is 5.84. The first-order valence-corrected chi connectivity index (χ1v) is 7.29. The van der Waals surface area contributed by atoms with Gasteiger partial charge in [-0.05, 0) is 51.8 Å². The van der Waals surface area contributed by atoms with Gasteiger partial charge in [-0.15, -0.1) is 0 Å². The Hall–Kier alpha value is -2.68. The molecule has 0 fully saturated rings. The zero-order valence-corrected chi connectivity index (χ0v) is 14.4. The normalized spacial score (nSPS) is 10.8. The van der Waals surface area contributed by atoms with Crippen molar-refractivity contribution in [3.8, 4) is 0 Å². The molecule has 5 N–H and O–H groups in total. The van der Waals surface area contributed by atoms with E-state index in [-0.39, 0.29) is 6.54 Å². The Morgan fingerprint density at radius 2 is 1.83 bits per heavy atom. The van der Waals surface area contributed by atoms with Crippen LogP contribution in [0.3, 0.4) is 0 Å². The highest BCUT2D eigenvalue weighted by Gasteiger charge is 2.18. The van der Waals surface area contributed by atoms with Crippen LogP contribution in [0.1, 0.15) is 37.6 Å². The molecule has 0 saturated heterocycles. The second kappa shape index (κ2) is 7.73. The molecule has 1 aromatic rings. The SMILES string of the molecule is Cc1cc(NC(=O)OC(C)(C)C)nc(C)c1CNC(=O)C(=O)NN. The molecule has 9 nitrogen and oxygen atoms in total. The summed E-state index contributed by atoms with van der Waals surface area (Å²) >= 11 is 0. The Morgan fingerprint density at radius 3 is 2.33 bits per heavy atom. The van der Waals surface area contributed by atoms with Crippen LogP contribution in [-0.2, 0) is 20.9 Å². The van der Waals surface area contributed by atoms with Gasteiger partial charge in [0, 0.05) is 12.2 Å². The van der Waals surface area contributed by atoms with Crippen LogP contribution in [0.15, 0.2) is 6.07 Å². The maximum atomic E-state index is 11.8. The summed E-state index contributed by atoms with van der Waals surface area (Å²) in [7, 11) is 0. The Bertz CT molecular complexity index is 629. The van der Waals surface area contributed by atoms with Gasteiger partial charge in [0.05, 0.1) is 0 Å². The lowest BCUT2D eigenvalue weighted by atomic mass is 10.1. The van der Waals surface area contributed by atoms with Crippen molar-refractivity contribution in [1.82, 2.24) is 15.7 Å². The lowest BCUT2D eigenvalue weighted by Gasteiger charge is -2.20. The molecule has 0 aliphatic heterocycles. The van der Waals surface area contributed by atoms with Crippen molar-refractivity contribution in [1.29, 1.82) is 0 Å². The van der Waals surface area contributed by atoms with Crippen molar-refractivity contribution in [2.45, 2.75) is 46.8 Å². The van der Waals surface area contributed by atoms with Gasteiger partial charge in [-0.25, -0.2) is 15.6 Å². The van der Waals surface area contributed by atoms with Gasteiger partial charge in [-0.3, -0.25) is 20.3 Å². The Balaban J connectivity index is 2.81. The summed E-state index contributed by atoms with van der Waals surface area (Å²) in [5.74, 6) is 3.46. The van der Waals surface area contributed by atoms with Gasteiger partial charge in [0.2, 0.25) is 0 Å². The van der Waals surface area contributed by atoms with Crippen molar-refractivity contribution in [3.63, 3.8) is 0 Å². The number of aromatic nitrogens is 1. The van der Waals surface area contributed by atoms with E-state index in [1.165, 1.54) is 0 Å². The minimum atomic E-state index is -0.929. The number of hydrogen-bond acceptors (Lipinski definition) is 6. The van der Waals surface area contributed by atoms with Gasteiger partial charge >= 0.3 is 17.9 Å². The van der Waals surface area contributed by atoms with E-state index >= 15 is 0 Å². The Labute approximate surface area is 140 Å². The molecule has 1 heterocycles. The molecular weight excluding hydrogens is 314 g/mol. The van der Waals surface area contributed by atoms with Gasteiger partial charge in [0.15, 0.2) is 0 Å². The van der Waals surface area contributed by atoms with E-state index in [2.05, 4.69) is 15.6 Å². The molecule has 0 aromatic carbocycles. The van der Waals surface area contributed by atoms with E-state index in [0.29, 0.717) is 11.5 Å². The number of carbonyl (C=O) groups is 3. The number of nitrogens with two attached hydrogens (primary N) is 1. The molecule has 24 heavy (non-hydrogen) atoms. The molecule has 0 aliphatic rings. The smallest absolute Gasteiger partial charge is 0.413 e. The van der Waals surface area contributed by atoms with Crippen LogP contribution in [0.5, 0.6) is 0 Å². The molecule has 0 radical (unpaired) electrons. The number of nitrogens with zero attached hydrogens (tertiary/aromatic N) is 1. The fourth-order valence-corrected chi connectivity index (χ4v) is 1.91. The predicted molar refractivity (Wildman–Crippen MR) is 87.7 cm³/mol. The third-order valence-corrected chi connectivity index (χ3v) is 2.95. The van der Waals surface area contributed by atoms with Crippen molar-refractivity contribution in [2.24, 2.45) is 5.84 Å². The summed E-state index contributed by atoms with van der Waals surface area (Å²) in [6, 6.07) is 1.65. The average Bonchev–Trinajstić information content (AvgIpc) is 2.42. The highest BCUT2D eigenvalue weighted by molar-refractivity contribution is 6.34. The summed E-state index contributed by atoms with van der Waals surface area (Å²) in [6.45, 7) is 8.94. The summed E-state index contributed by atoms with van der Waals surface area (Å²) < 4.78 is 5.17. The molecule has 0 spiro atoms. The molecule has 0 bridgehead atoms. The van der Waals surface area contributed by atoms with Gasteiger partial charge in [-0.2, -0.15) is 0 Å². The maximum Gasteiger partial charge on any atom is 0.413 e. The van der Waals surface area contributed by atoms with E-state index in [0.717, 1.165) is 11.1 Å². The van der Waals surface area contributed by atoms with E-state index in [9.17, 15) is 14.4 Å². The maximum absolute atomic E-state index is 11.8. The third-order valence-electron chi connectivity index (χ3n) is 2.95. The number of aryl methyl sites for hydroxylation is 2. The fourth-order valence-electron chi connectivity index (χ4n) is 1.91. The molecule has 132 valence electrons. The van der Waals surface area contributed by atoms with Crippen LogP contribution in [0.2, 0.25) is 0 Å². The second-order valence-corrected chi connectivity index (χ2v) is 6.17. The van der Waals surface area contributed by atoms with Gasteiger partial charge in [0.25, 0.3) is 0 Å². The van der Waals surface area contributed by atoms with Crippen molar-refractivity contribution in [2.75, 3.05) is 5.32 Å². The van der Waals surface area contributed by atoms with Crippen LogP contribution in [0, 0.1) is 13.8 Å². The first-order valence-electron chi connectivity index (χ1n) is 7.29. The number of ether oxygens (including phenoxy) is 1. The molecule has 3 amide bonds. The first kappa shape index (κ1) is 19.4. The lowest BCUT2D eigenvalue weighted by Crippen LogP contribution is -2.43. The number of hydrazine groups is 1. The Kier molecular flexibility index (Phi) is 6.24. The molecule has 9 heteroatoms. The molecule has 0 unspecified atom stereocenters. The van der Waals surface area contributed by atoms with Crippen LogP contribution in [0.4, 0.5) is 10.6 Å². The van der Waals surface area contributed by atoms with Gasteiger partial charge < -0.3 is 10.1 Å². The largest absolute Gasteiger partial charge is 0.444 e. The quantitative estimate of drug-likeness (QED) is 0.277. The molecule has 0 atom stereocenters. The number of hydrogen-bond donors (Lipinski definition) is 4. The van der Waals surface area contributed by atoms with Crippen LogP contribution in [-0.4, -0.2) is 28.5 Å². The highest BCUT2D eigenvalue weighted by Crippen LogP contribution is 2.17. The van der Waals surface area contributed by atoms with Crippen molar-refractivity contribution >= 4 is 23.7 Å². The molecule has 1 aromatic heterocycles. The van der Waals surface area contributed by atoms with Crippen LogP contribution >= 0.6 is 0 Å². The molecular formula is C15H23N5O4. The second-order valence-electron chi connectivity index (χ2n) is 6.17. The van der Waals surface area contributed by atoms with Crippen LogP contribution < -0.4 is 21.9 Å². The standard InChI is InChI=1S/C15H23N5O4/c1-8-6-11(19-14(23)24-15(3,4)5)18-9(2)10(8)7-17-12(21)13(22)20-16/h6H,7,16H2,1-5H3,(H,17,21)(H,20,22)(H,18,19,23). The molecule has 1 rings (SSSR count). The van der Waals surface area contributed by atoms with Gasteiger partial charge in [0.1, 0.15) is 11.4 Å².